The van der Waals surface area contributed by atoms with Crippen LogP contribution in [-0.2, 0) is 9.59 Å². The first-order valence-corrected chi connectivity index (χ1v) is 5.36. The lowest BCUT2D eigenvalue weighted by Gasteiger charge is -2.01. The number of hydrogen-bond donors (Lipinski definition) is 2. The molecule has 6 heteroatoms. The quantitative estimate of drug-likeness (QED) is 0.748. The molecular formula is C7H10BrNO3S. The second-order valence-corrected chi connectivity index (χ2v) is 4.29. The fourth-order valence-corrected chi connectivity index (χ4v) is 1.18. The molecule has 0 aliphatic carbocycles. The Balaban J connectivity index is 3.41. The van der Waals surface area contributed by atoms with E-state index < -0.39 is 5.97 Å². The highest BCUT2D eigenvalue weighted by Gasteiger charge is 2.03. The average Bonchev–Trinajstić information content (AvgIpc) is 2.00. The minimum absolute atomic E-state index is 0.0529. The molecule has 0 fully saturated rings. The van der Waals surface area contributed by atoms with Crippen molar-refractivity contribution in [2.24, 2.45) is 0 Å². The molecule has 1 amide bonds. The van der Waals surface area contributed by atoms with E-state index in [1.807, 2.05) is 0 Å². The highest BCUT2D eigenvalue weighted by atomic mass is 79.9. The maximum Gasteiger partial charge on any atom is 0.313 e. The van der Waals surface area contributed by atoms with Gasteiger partial charge in [-0.1, -0.05) is 22.5 Å². The number of carbonyl (C=O) groups is 2. The lowest BCUT2D eigenvalue weighted by molar-refractivity contribution is -0.133. The molecule has 0 aromatic rings. The van der Waals surface area contributed by atoms with Gasteiger partial charge in [0.15, 0.2) is 0 Å². The zero-order chi connectivity index (χ0) is 10.3. The van der Waals surface area contributed by atoms with Crippen molar-refractivity contribution in [2.45, 2.75) is 0 Å². The number of hydrogen-bond acceptors (Lipinski definition) is 3. The highest BCUT2D eigenvalue weighted by molar-refractivity contribution is 9.11. The van der Waals surface area contributed by atoms with Crippen molar-refractivity contribution in [1.82, 2.24) is 5.32 Å². The van der Waals surface area contributed by atoms with E-state index in [0.29, 0.717) is 11.0 Å². The number of carbonyl (C=O) groups excluding carboxylic acids is 1. The molecule has 0 aliphatic rings. The number of nitrogens with one attached hydrogen (secondary N) is 1. The van der Waals surface area contributed by atoms with Crippen LogP contribution in [0.25, 0.3) is 0 Å². The van der Waals surface area contributed by atoms with Crippen LogP contribution >= 0.6 is 27.7 Å². The van der Waals surface area contributed by atoms with Gasteiger partial charge in [0.25, 0.3) is 0 Å². The Morgan fingerprint density at radius 3 is 2.54 bits per heavy atom. The van der Waals surface area contributed by atoms with Crippen LogP contribution in [0.5, 0.6) is 0 Å². The van der Waals surface area contributed by atoms with Gasteiger partial charge >= 0.3 is 5.97 Å². The van der Waals surface area contributed by atoms with Crippen molar-refractivity contribution in [2.75, 3.05) is 18.1 Å². The van der Waals surface area contributed by atoms with Crippen molar-refractivity contribution in [3.8, 4) is 0 Å². The Bertz CT molecular complexity index is 220. The molecule has 0 saturated heterocycles. The largest absolute Gasteiger partial charge is 0.481 e. The van der Waals surface area contributed by atoms with Crippen molar-refractivity contribution in [3.05, 3.63) is 11.1 Å². The Hall–Kier alpha value is -0.490. The van der Waals surface area contributed by atoms with Crippen molar-refractivity contribution in [3.63, 3.8) is 0 Å². The Labute approximate surface area is 88.9 Å². The van der Waals surface area contributed by atoms with Crippen LogP contribution in [0.2, 0.25) is 0 Å². The van der Waals surface area contributed by atoms with Crippen LogP contribution in [-0.4, -0.2) is 35.0 Å². The summed E-state index contributed by atoms with van der Waals surface area (Å²) >= 11 is 4.15. The Kier molecular flexibility index (Phi) is 6.70. The molecule has 0 heterocycles. The number of rotatable bonds is 6. The molecular weight excluding hydrogens is 258 g/mol. The Morgan fingerprint density at radius 1 is 1.46 bits per heavy atom. The van der Waals surface area contributed by atoms with Crippen LogP contribution in [0.4, 0.5) is 0 Å². The molecule has 0 aromatic heterocycles. The zero-order valence-electron chi connectivity index (χ0n) is 6.88. The molecule has 0 unspecified atom stereocenters. The maximum atomic E-state index is 10.9. The first-order valence-electron chi connectivity index (χ1n) is 3.42. The van der Waals surface area contributed by atoms with Gasteiger partial charge in [-0.15, -0.1) is 11.8 Å². The second kappa shape index (κ2) is 6.97. The van der Waals surface area contributed by atoms with Crippen LogP contribution in [0.15, 0.2) is 11.1 Å². The van der Waals surface area contributed by atoms with Gasteiger partial charge in [0, 0.05) is 11.0 Å². The molecule has 74 valence electrons. The van der Waals surface area contributed by atoms with E-state index in [0.717, 1.165) is 11.8 Å². The highest BCUT2D eigenvalue weighted by Crippen LogP contribution is 2.00. The summed E-state index contributed by atoms with van der Waals surface area (Å²) in [6, 6.07) is 0. The van der Waals surface area contributed by atoms with Gasteiger partial charge in [0.2, 0.25) is 5.91 Å². The van der Waals surface area contributed by atoms with Crippen LogP contribution in [0.1, 0.15) is 0 Å². The smallest absolute Gasteiger partial charge is 0.313 e. The van der Waals surface area contributed by atoms with E-state index in [-0.39, 0.29) is 17.4 Å². The molecule has 13 heavy (non-hydrogen) atoms. The average molecular weight is 268 g/mol. The van der Waals surface area contributed by atoms with E-state index in [2.05, 4.69) is 27.8 Å². The third-order valence-electron chi connectivity index (χ3n) is 0.936. The summed E-state index contributed by atoms with van der Waals surface area (Å²) in [4.78, 5) is 21.0. The first-order chi connectivity index (χ1) is 6.02. The van der Waals surface area contributed by atoms with E-state index >= 15 is 0 Å². The molecule has 2 N–H and O–H groups in total. The van der Waals surface area contributed by atoms with Gasteiger partial charge in [0.05, 0.1) is 11.5 Å². The number of carboxylic acid groups (broad SMARTS) is 1. The normalized spacial score (nSPS) is 9.31. The molecule has 0 rings (SSSR count). The van der Waals surface area contributed by atoms with Crippen molar-refractivity contribution < 1.29 is 14.7 Å². The van der Waals surface area contributed by atoms with E-state index in [1.165, 1.54) is 0 Å². The second-order valence-electron chi connectivity index (χ2n) is 2.18. The molecule has 0 atom stereocenters. The number of thioether (sulfide) groups is 1. The molecule has 0 aromatic carbocycles. The lowest BCUT2D eigenvalue weighted by Crippen LogP contribution is -2.26. The molecule has 0 spiro atoms. The molecule has 0 radical (unpaired) electrons. The third-order valence-corrected chi connectivity index (χ3v) is 2.13. The topological polar surface area (TPSA) is 66.4 Å². The number of carboxylic acids is 1. The monoisotopic (exact) mass is 267 g/mol. The lowest BCUT2D eigenvalue weighted by atomic mass is 10.6. The summed E-state index contributed by atoms with van der Waals surface area (Å²) in [6.07, 6.45) is 0. The summed E-state index contributed by atoms with van der Waals surface area (Å²) in [5, 5.41) is 10.8. The third kappa shape index (κ3) is 9.42. The van der Waals surface area contributed by atoms with E-state index in [9.17, 15) is 9.59 Å². The fourth-order valence-electron chi connectivity index (χ4n) is 0.477. The van der Waals surface area contributed by atoms with Crippen molar-refractivity contribution in [1.29, 1.82) is 0 Å². The molecule has 0 aliphatic heterocycles. The van der Waals surface area contributed by atoms with Gasteiger partial charge in [0.1, 0.15) is 0 Å². The predicted octanol–water partition coefficient (Wildman–Crippen LogP) is 0.829. The minimum atomic E-state index is -0.914. The van der Waals surface area contributed by atoms with E-state index in [4.69, 9.17) is 5.11 Å². The molecule has 0 saturated carbocycles. The van der Waals surface area contributed by atoms with Gasteiger partial charge < -0.3 is 10.4 Å². The number of halogens is 1. The summed E-state index contributed by atoms with van der Waals surface area (Å²) < 4.78 is 0.684. The SMILES string of the molecule is C=C(Br)CNC(=O)CSCC(=O)O. The minimum Gasteiger partial charge on any atom is -0.481 e. The van der Waals surface area contributed by atoms with Gasteiger partial charge in [-0.2, -0.15) is 0 Å². The summed E-state index contributed by atoms with van der Waals surface area (Å²) in [7, 11) is 0. The van der Waals surface area contributed by atoms with Crippen LogP contribution < -0.4 is 5.32 Å². The number of amides is 1. The van der Waals surface area contributed by atoms with E-state index in [1.54, 1.807) is 0 Å². The molecule has 4 nitrogen and oxygen atoms in total. The zero-order valence-corrected chi connectivity index (χ0v) is 9.28. The fraction of sp³-hybridized carbons (Fsp3) is 0.429. The summed E-state index contributed by atoms with van der Waals surface area (Å²) in [6.45, 7) is 3.90. The van der Waals surface area contributed by atoms with Gasteiger partial charge in [-0.05, 0) is 0 Å². The summed E-state index contributed by atoms with van der Waals surface area (Å²) in [5.41, 5.74) is 0. The maximum absolute atomic E-state index is 10.9. The Morgan fingerprint density at radius 2 is 2.08 bits per heavy atom. The molecule has 0 bridgehead atoms. The first kappa shape index (κ1) is 12.5. The number of aliphatic carboxylic acids is 1. The summed E-state index contributed by atoms with van der Waals surface area (Å²) in [5.74, 6) is -0.996. The standard InChI is InChI=1S/C7H10BrNO3S/c1-5(8)2-9-6(10)3-13-4-7(11)12/h1-4H2,(H,9,10)(H,11,12). The predicted molar refractivity (Wildman–Crippen MR) is 56.0 cm³/mol. The van der Waals surface area contributed by atoms with Gasteiger partial charge in [-0.3, -0.25) is 9.59 Å². The van der Waals surface area contributed by atoms with Crippen LogP contribution in [0.3, 0.4) is 0 Å². The van der Waals surface area contributed by atoms with Crippen molar-refractivity contribution >= 4 is 39.6 Å². The van der Waals surface area contributed by atoms with Gasteiger partial charge in [-0.25, -0.2) is 0 Å². The van der Waals surface area contributed by atoms with Crippen LogP contribution in [0, 0.1) is 0 Å².